The van der Waals surface area contributed by atoms with Crippen LogP contribution in [0, 0.1) is 5.92 Å². The van der Waals surface area contributed by atoms with Crippen LogP contribution in [0.1, 0.15) is 79.6 Å². The number of rotatable bonds is 12. The molecule has 0 bridgehead atoms. The van der Waals surface area contributed by atoms with Gasteiger partial charge < -0.3 is 30.0 Å². The Kier molecular flexibility index (Phi) is 44.1. The summed E-state index contributed by atoms with van der Waals surface area (Å²) < 4.78 is 4.65. The third-order valence-electron chi connectivity index (χ3n) is 3.26. The van der Waals surface area contributed by atoms with Crippen molar-refractivity contribution in [1.29, 1.82) is 0 Å². The van der Waals surface area contributed by atoms with Crippen LogP contribution in [0.2, 0.25) is 0 Å². The first-order valence-electron chi connectivity index (χ1n) is 10.4. The molecule has 0 saturated heterocycles. The first-order chi connectivity index (χ1) is 14.1. The number of unbranched alkanes of at least 4 members (excludes halogenated alkanes) is 3. The van der Waals surface area contributed by atoms with Crippen LogP contribution in [0.15, 0.2) is 12.2 Å². The summed E-state index contributed by atoms with van der Waals surface area (Å²) in [5.41, 5.74) is 0.225. The molecule has 0 fully saturated rings. The molecule has 31 heavy (non-hydrogen) atoms. The molecule has 0 radical (unpaired) electrons. The summed E-state index contributed by atoms with van der Waals surface area (Å²) in [4.78, 5) is 32.2. The number of carbonyl (C=O) groups is 3. The summed E-state index contributed by atoms with van der Waals surface area (Å²) in [5.74, 6) is -3.78. The van der Waals surface area contributed by atoms with E-state index >= 15 is 0 Å². The van der Waals surface area contributed by atoms with Crippen molar-refractivity contribution < 1.29 is 65.7 Å². The number of ketones is 1. The van der Waals surface area contributed by atoms with Crippen LogP contribution in [0.5, 0.6) is 0 Å². The predicted molar refractivity (Wildman–Crippen MR) is 109 cm³/mol. The number of carbonyl (C=O) groups excluding carboxylic acids is 3. The van der Waals surface area contributed by atoms with Crippen LogP contribution in [-0.4, -0.2) is 44.1 Å². The van der Waals surface area contributed by atoms with Gasteiger partial charge in [-0.25, -0.2) is 4.79 Å². The fraction of sp³-hybridized carbons (Fsp3) is 0.773. The number of hydrogen-bond donors (Lipinski definition) is 0. The molecule has 180 valence electrons. The van der Waals surface area contributed by atoms with Crippen LogP contribution in [0.25, 0.3) is 0 Å². The molecule has 0 aromatic heterocycles. The average molecular weight is 524 g/mol. The van der Waals surface area contributed by atoms with Gasteiger partial charge in [-0.2, -0.15) is 0 Å². The molecule has 1 unspecified atom stereocenters. The molecule has 0 aromatic carbocycles. The van der Waals surface area contributed by atoms with Gasteiger partial charge in [-0.05, 0) is 20.3 Å². The summed E-state index contributed by atoms with van der Waals surface area (Å²) in [6, 6.07) is 0. The van der Waals surface area contributed by atoms with Crippen molar-refractivity contribution in [2.75, 3.05) is 26.4 Å². The van der Waals surface area contributed by atoms with Crippen molar-refractivity contribution in [2.24, 2.45) is 5.92 Å². The maximum Gasteiger partial charge on any atom is 4.00 e. The van der Waals surface area contributed by atoms with E-state index in [9.17, 15) is 34.8 Å². The van der Waals surface area contributed by atoms with E-state index in [4.69, 9.17) is 0 Å². The Morgan fingerprint density at radius 2 is 1.19 bits per heavy atom. The molecule has 9 heteroatoms. The molecular weight excluding hydrogens is 483 g/mol. The minimum Gasteiger partial charge on any atom is -0.854 e. The van der Waals surface area contributed by atoms with E-state index < -0.39 is 23.6 Å². The van der Waals surface area contributed by atoms with Gasteiger partial charge in [0.2, 0.25) is 0 Å². The van der Waals surface area contributed by atoms with E-state index in [0.29, 0.717) is 0 Å². The van der Waals surface area contributed by atoms with Gasteiger partial charge in [0.15, 0.2) is 0 Å². The van der Waals surface area contributed by atoms with E-state index in [1.54, 1.807) is 0 Å². The Labute approximate surface area is 207 Å². The number of Topliss-reactive ketones (excluding diaryl/α,β-unsaturated/α-hetero) is 1. The number of hydrogen-bond acceptors (Lipinski definition) is 8. The van der Waals surface area contributed by atoms with Crippen LogP contribution in [0.4, 0.5) is 0 Å². The summed E-state index contributed by atoms with van der Waals surface area (Å²) in [6.45, 7) is 12.2. The molecule has 0 aliphatic rings. The maximum atomic E-state index is 10.9. The molecule has 0 amide bonds. The summed E-state index contributed by atoms with van der Waals surface area (Å²) >= 11 is 0. The second-order valence-electron chi connectivity index (χ2n) is 6.36. The third kappa shape index (κ3) is 40.1. The zero-order chi connectivity index (χ0) is 24.4. The number of ether oxygens (including phenoxy) is 1. The zero-order valence-corrected chi connectivity index (χ0v) is 22.3. The van der Waals surface area contributed by atoms with E-state index in [0.717, 1.165) is 45.4 Å². The Morgan fingerprint density at radius 1 is 0.839 bits per heavy atom. The van der Waals surface area contributed by atoms with Crippen molar-refractivity contribution in [2.45, 2.75) is 79.6 Å². The van der Waals surface area contributed by atoms with Gasteiger partial charge in [0, 0.05) is 5.57 Å². The topological polar surface area (TPSA) is 153 Å². The Bertz CT molecular complexity index is 393. The molecule has 0 aliphatic heterocycles. The molecule has 8 nitrogen and oxygen atoms in total. The summed E-state index contributed by atoms with van der Waals surface area (Å²) in [5, 5.41) is 39.1. The molecular formula is C22H40O8Zr. The van der Waals surface area contributed by atoms with Gasteiger partial charge in [-0.1, -0.05) is 65.9 Å². The fourth-order valence-corrected chi connectivity index (χ4v) is 1.31. The van der Waals surface area contributed by atoms with Crippen LogP contribution < -0.4 is 20.4 Å². The zero-order valence-electron chi connectivity index (χ0n) is 19.8. The molecule has 0 saturated carbocycles. The first kappa shape index (κ1) is 40.5. The number of carboxylic acids is 1. The van der Waals surface area contributed by atoms with Gasteiger partial charge in [0.25, 0.3) is 0 Å². The van der Waals surface area contributed by atoms with Gasteiger partial charge in [-0.15, -0.1) is 19.8 Å². The molecule has 0 N–H and O–H groups in total. The minimum absolute atomic E-state index is 0. The van der Waals surface area contributed by atoms with Crippen molar-refractivity contribution in [3.63, 3.8) is 0 Å². The Hall–Kier alpha value is -0.887. The normalized spacial score (nSPS) is 9.68. The molecule has 0 aliphatic carbocycles. The SMILES string of the molecule is C=C(C)C(=O)OCCC(C(C)=O)C(=O)[O-].CCCC[O-].CCCC[O-].CCCC[O-].[Zr+4]. The molecule has 0 aromatic rings. The molecule has 0 spiro atoms. The number of esters is 1. The van der Waals surface area contributed by atoms with E-state index in [-0.39, 0.29) is 64.6 Å². The molecule has 0 rings (SSSR count). The Morgan fingerprint density at radius 3 is 1.35 bits per heavy atom. The van der Waals surface area contributed by atoms with Gasteiger partial charge in [-0.3, -0.25) is 4.79 Å². The van der Waals surface area contributed by atoms with E-state index in [1.807, 2.05) is 20.8 Å². The van der Waals surface area contributed by atoms with Crippen molar-refractivity contribution >= 4 is 17.7 Å². The quantitative estimate of drug-likeness (QED) is 0.195. The molecule has 0 heterocycles. The monoisotopic (exact) mass is 522 g/mol. The van der Waals surface area contributed by atoms with Crippen molar-refractivity contribution in [1.82, 2.24) is 0 Å². The minimum atomic E-state index is -1.45. The Balaban J connectivity index is -0.000000116. The van der Waals surface area contributed by atoms with E-state index in [1.165, 1.54) is 6.92 Å². The fourth-order valence-electron chi connectivity index (χ4n) is 1.31. The van der Waals surface area contributed by atoms with Crippen molar-refractivity contribution in [3.05, 3.63) is 12.2 Å². The van der Waals surface area contributed by atoms with Gasteiger partial charge in [0.05, 0.1) is 18.5 Å². The van der Waals surface area contributed by atoms with Crippen LogP contribution >= 0.6 is 0 Å². The maximum absolute atomic E-state index is 10.9. The second kappa shape index (κ2) is 33.7. The largest absolute Gasteiger partial charge is 4.00 e. The third-order valence-corrected chi connectivity index (χ3v) is 3.26. The second-order valence-corrected chi connectivity index (χ2v) is 6.36. The van der Waals surface area contributed by atoms with Crippen LogP contribution in [0.3, 0.4) is 0 Å². The summed E-state index contributed by atoms with van der Waals surface area (Å²) in [6.07, 6.45) is 5.52. The molecule has 1 atom stereocenters. The van der Waals surface area contributed by atoms with Crippen molar-refractivity contribution in [3.8, 4) is 0 Å². The van der Waals surface area contributed by atoms with Gasteiger partial charge in [0.1, 0.15) is 5.78 Å². The number of carboxylic acid groups (broad SMARTS) is 1. The van der Waals surface area contributed by atoms with E-state index in [2.05, 4.69) is 11.3 Å². The first-order valence-corrected chi connectivity index (χ1v) is 10.4. The smallest absolute Gasteiger partial charge is 0.854 e. The summed E-state index contributed by atoms with van der Waals surface area (Å²) in [7, 11) is 0. The van der Waals surface area contributed by atoms with Gasteiger partial charge >= 0.3 is 32.2 Å². The average Bonchev–Trinajstić information content (AvgIpc) is 2.67. The van der Waals surface area contributed by atoms with Crippen LogP contribution in [-0.2, 0) is 45.3 Å². The standard InChI is InChI=1S/C10H14O5.3C4H9O.Zr/c1-6(2)10(14)15-5-4-8(7(3)11)9(12)13;3*1-2-3-4-5;/h8H,1,4-5H2,2-3H3,(H,12,13);3*2-4H2,1H3;/q;3*-1;+4/p-1. The predicted octanol–water partition coefficient (Wildman–Crippen LogP) is -0.111. The number of aliphatic carboxylic acids is 1.